The van der Waals surface area contributed by atoms with E-state index in [4.69, 9.17) is 0 Å². The Morgan fingerprint density at radius 1 is 1.35 bits per heavy atom. The van der Waals surface area contributed by atoms with Gasteiger partial charge >= 0.3 is 0 Å². The Kier molecular flexibility index (Phi) is 4.42. The number of rotatable bonds is 4. The van der Waals surface area contributed by atoms with Crippen LogP contribution < -0.4 is 0 Å². The summed E-state index contributed by atoms with van der Waals surface area (Å²) in [6, 6.07) is 10.0. The third-order valence-corrected chi connectivity index (χ3v) is 5.38. The molecule has 0 saturated carbocycles. The first-order chi connectivity index (χ1) is 8.18. The Bertz CT molecular complexity index is 534. The van der Waals surface area contributed by atoms with Crippen molar-refractivity contribution < 1.29 is 4.79 Å². The van der Waals surface area contributed by atoms with Crippen molar-refractivity contribution in [2.24, 2.45) is 0 Å². The summed E-state index contributed by atoms with van der Waals surface area (Å²) in [4.78, 5) is 14.0. The highest BCUT2D eigenvalue weighted by molar-refractivity contribution is 9.10. The quantitative estimate of drug-likeness (QED) is 0.593. The lowest BCUT2D eigenvalue weighted by Crippen LogP contribution is -2.00. The number of carbonyl (C=O) groups is 1. The van der Waals surface area contributed by atoms with Crippen molar-refractivity contribution in [3.63, 3.8) is 0 Å². The molecule has 0 unspecified atom stereocenters. The molecule has 0 atom stereocenters. The number of aryl methyl sites for hydroxylation is 1. The predicted molar refractivity (Wildman–Crippen MR) is 78.3 cm³/mol. The normalized spacial score (nSPS) is 10.5. The van der Waals surface area contributed by atoms with E-state index in [0.717, 1.165) is 9.35 Å². The number of Topliss-reactive ketones (excluding diaryl/α,β-unsaturated/α-hetero) is 1. The van der Waals surface area contributed by atoms with Crippen LogP contribution in [0.5, 0.6) is 0 Å². The zero-order chi connectivity index (χ0) is 12.3. The number of hydrogen-bond donors (Lipinski definition) is 0. The highest BCUT2D eigenvalue weighted by Gasteiger charge is 2.12. The molecule has 1 nitrogen and oxygen atoms in total. The fourth-order valence-electron chi connectivity index (χ4n) is 1.42. The number of thioether (sulfide) groups is 1. The van der Waals surface area contributed by atoms with Crippen molar-refractivity contribution >= 4 is 44.8 Å². The highest BCUT2D eigenvalue weighted by atomic mass is 79.9. The molecular formula is C13H11BrOS2. The molecule has 0 bridgehead atoms. The summed E-state index contributed by atoms with van der Waals surface area (Å²) in [5.41, 5.74) is 1.22. The Labute approximate surface area is 117 Å². The monoisotopic (exact) mass is 326 g/mol. The van der Waals surface area contributed by atoms with Crippen LogP contribution in [0, 0.1) is 6.92 Å². The Hall–Kier alpha value is -0.580. The maximum atomic E-state index is 12.0. The van der Waals surface area contributed by atoms with Gasteiger partial charge in [0.25, 0.3) is 0 Å². The Morgan fingerprint density at radius 3 is 2.76 bits per heavy atom. The molecule has 1 heterocycles. The van der Waals surface area contributed by atoms with Crippen LogP contribution in [0.4, 0.5) is 0 Å². The fraction of sp³-hybridized carbons (Fsp3) is 0.154. The van der Waals surface area contributed by atoms with Gasteiger partial charge < -0.3 is 0 Å². The van der Waals surface area contributed by atoms with Gasteiger partial charge in [-0.25, -0.2) is 0 Å². The van der Waals surface area contributed by atoms with Gasteiger partial charge in [-0.1, -0.05) is 18.2 Å². The van der Waals surface area contributed by atoms with Crippen molar-refractivity contribution in [1.29, 1.82) is 0 Å². The first kappa shape index (κ1) is 12.9. The highest BCUT2D eigenvalue weighted by Crippen LogP contribution is 2.27. The first-order valence-electron chi connectivity index (χ1n) is 5.13. The topological polar surface area (TPSA) is 17.1 Å². The number of hydrogen-bond acceptors (Lipinski definition) is 3. The van der Waals surface area contributed by atoms with E-state index in [-0.39, 0.29) is 5.78 Å². The van der Waals surface area contributed by atoms with Crippen LogP contribution in [0.25, 0.3) is 0 Å². The SMILES string of the molecule is Cc1ccccc1SCC(=O)c1sccc1Br. The number of carbonyl (C=O) groups excluding carboxylic acids is 1. The minimum atomic E-state index is 0.181. The van der Waals surface area contributed by atoms with Gasteiger partial charge in [-0.3, -0.25) is 4.79 Å². The van der Waals surface area contributed by atoms with Gasteiger partial charge in [0.1, 0.15) is 0 Å². The molecule has 1 aromatic heterocycles. The van der Waals surface area contributed by atoms with E-state index in [0.29, 0.717) is 5.75 Å². The van der Waals surface area contributed by atoms with E-state index in [9.17, 15) is 4.79 Å². The number of thiophene rings is 1. The summed E-state index contributed by atoms with van der Waals surface area (Å²) in [7, 11) is 0. The largest absolute Gasteiger partial charge is 0.292 e. The van der Waals surface area contributed by atoms with Gasteiger partial charge in [-0.05, 0) is 45.9 Å². The lowest BCUT2D eigenvalue weighted by Gasteiger charge is -2.03. The minimum Gasteiger partial charge on any atom is -0.292 e. The van der Waals surface area contributed by atoms with Crippen LogP contribution >= 0.6 is 39.0 Å². The third-order valence-electron chi connectivity index (χ3n) is 2.32. The first-order valence-corrected chi connectivity index (χ1v) is 7.79. The molecule has 2 rings (SSSR count). The van der Waals surface area contributed by atoms with Gasteiger partial charge in [0, 0.05) is 9.37 Å². The molecule has 0 spiro atoms. The lowest BCUT2D eigenvalue weighted by molar-refractivity contribution is 0.102. The summed E-state index contributed by atoms with van der Waals surface area (Å²) < 4.78 is 0.901. The van der Waals surface area contributed by atoms with Gasteiger partial charge in [0.05, 0.1) is 10.6 Å². The third kappa shape index (κ3) is 3.21. The van der Waals surface area contributed by atoms with E-state index in [1.807, 2.05) is 23.6 Å². The van der Waals surface area contributed by atoms with Gasteiger partial charge in [0.2, 0.25) is 0 Å². The lowest BCUT2D eigenvalue weighted by atomic mass is 10.2. The molecule has 1 aromatic carbocycles. The van der Waals surface area contributed by atoms with Crippen LogP contribution in [-0.2, 0) is 0 Å². The maximum absolute atomic E-state index is 12.0. The Balaban J connectivity index is 2.02. The molecule has 0 aliphatic rings. The van der Waals surface area contributed by atoms with E-state index in [2.05, 4.69) is 35.0 Å². The molecule has 0 aliphatic carbocycles. The van der Waals surface area contributed by atoms with Gasteiger partial charge in [-0.15, -0.1) is 23.1 Å². The molecule has 0 aliphatic heterocycles. The molecular weight excluding hydrogens is 316 g/mol. The van der Waals surface area contributed by atoms with Crippen LogP contribution in [0.15, 0.2) is 45.1 Å². The number of halogens is 1. The summed E-state index contributed by atoms with van der Waals surface area (Å²) in [6.07, 6.45) is 0. The van der Waals surface area contributed by atoms with E-state index < -0.39 is 0 Å². The molecule has 88 valence electrons. The van der Waals surface area contributed by atoms with Crippen LogP contribution in [0.3, 0.4) is 0 Å². The van der Waals surface area contributed by atoms with E-state index in [1.54, 1.807) is 11.8 Å². The number of benzene rings is 1. The van der Waals surface area contributed by atoms with E-state index in [1.165, 1.54) is 21.8 Å². The zero-order valence-electron chi connectivity index (χ0n) is 9.27. The molecule has 0 fully saturated rings. The van der Waals surface area contributed by atoms with Crippen molar-refractivity contribution in [2.45, 2.75) is 11.8 Å². The molecule has 0 saturated heterocycles. The average molecular weight is 327 g/mol. The summed E-state index contributed by atoms with van der Waals surface area (Å²) in [6.45, 7) is 2.06. The summed E-state index contributed by atoms with van der Waals surface area (Å²) >= 11 is 6.47. The molecule has 0 amide bonds. The second kappa shape index (κ2) is 5.85. The van der Waals surface area contributed by atoms with Gasteiger partial charge in [0.15, 0.2) is 5.78 Å². The fourth-order valence-corrected chi connectivity index (χ4v) is 3.95. The predicted octanol–water partition coefficient (Wildman–Crippen LogP) is 4.79. The van der Waals surface area contributed by atoms with Crippen LogP contribution in [0.1, 0.15) is 15.2 Å². The second-order valence-electron chi connectivity index (χ2n) is 3.58. The molecule has 4 heteroatoms. The molecule has 2 aromatic rings. The minimum absolute atomic E-state index is 0.181. The summed E-state index contributed by atoms with van der Waals surface area (Å²) in [5, 5.41) is 1.93. The molecule has 0 N–H and O–H groups in total. The van der Waals surface area contributed by atoms with Gasteiger partial charge in [-0.2, -0.15) is 0 Å². The van der Waals surface area contributed by atoms with E-state index >= 15 is 0 Å². The maximum Gasteiger partial charge on any atom is 0.184 e. The smallest absolute Gasteiger partial charge is 0.184 e. The van der Waals surface area contributed by atoms with Crippen molar-refractivity contribution in [3.05, 3.63) is 50.6 Å². The van der Waals surface area contributed by atoms with Crippen molar-refractivity contribution in [3.8, 4) is 0 Å². The van der Waals surface area contributed by atoms with Crippen LogP contribution in [0.2, 0.25) is 0 Å². The Morgan fingerprint density at radius 2 is 2.12 bits per heavy atom. The van der Waals surface area contributed by atoms with Crippen molar-refractivity contribution in [1.82, 2.24) is 0 Å². The molecule has 0 radical (unpaired) electrons. The molecule has 17 heavy (non-hydrogen) atoms. The zero-order valence-corrected chi connectivity index (χ0v) is 12.5. The summed E-state index contributed by atoms with van der Waals surface area (Å²) in [5.74, 6) is 0.671. The number of ketones is 1. The average Bonchev–Trinajstić information content (AvgIpc) is 2.74. The second-order valence-corrected chi connectivity index (χ2v) is 6.36. The van der Waals surface area contributed by atoms with Crippen LogP contribution in [-0.4, -0.2) is 11.5 Å². The standard InChI is InChI=1S/C13H11BrOS2/c1-9-4-2-3-5-12(9)17-8-11(15)13-10(14)6-7-16-13/h2-7H,8H2,1H3. The van der Waals surface area contributed by atoms with Crippen molar-refractivity contribution in [2.75, 3.05) is 5.75 Å².